The molecule has 0 bridgehead atoms. The van der Waals surface area contributed by atoms with Crippen molar-refractivity contribution in [3.8, 4) is 28.7 Å². The molecular formula is C25H22F3N9O. The van der Waals surface area contributed by atoms with Crippen LogP contribution in [0.15, 0.2) is 49.2 Å². The largest absolute Gasteiger partial charge is 0.480 e. The van der Waals surface area contributed by atoms with Gasteiger partial charge in [-0.3, -0.25) is 4.40 Å². The van der Waals surface area contributed by atoms with Gasteiger partial charge >= 0.3 is 6.18 Å². The van der Waals surface area contributed by atoms with Crippen LogP contribution in [0.4, 0.5) is 19.1 Å². The van der Waals surface area contributed by atoms with Gasteiger partial charge in [0.1, 0.15) is 17.7 Å². The zero-order valence-electron chi connectivity index (χ0n) is 20.4. The molecule has 0 amide bonds. The highest BCUT2D eigenvalue weighted by Gasteiger charge is 2.34. The summed E-state index contributed by atoms with van der Waals surface area (Å²) >= 11 is 0. The van der Waals surface area contributed by atoms with E-state index >= 15 is 0 Å². The number of benzene rings is 1. The number of rotatable bonds is 7. The number of nitrogens with one attached hydrogen (secondary N) is 1. The van der Waals surface area contributed by atoms with Crippen molar-refractivity contribution in [2.24, 2.45) is 7.05 Å². The molecule has 0 radical (unpaired) electrons. The number of nitrogens with zero attached hydrogens (tertiary/aromatic N) is 8. The van der Waals surface area contributed by atoms with Crippen molar-refractivity contribution in [3.63, 3.8) is 0 Å². The van der Waals surface area contributed by atoms with Crippen LogP contribution in [0.1, 0.15) is 35.7 Å². The molecule has 1 aliphatic carbocycles. The van der Waals surface area contributed by atoms with Crippen molar-refractivity contribution >= 4 is 11.7 Å². The van der Waals surface area contributed by atoms with Crippen LogP contribution >= 0.6 is 0 Å². The quantitative estimate of drug-likeness (QED) is 0.334. The van der Waals surface area contributed by atoms with Crippen LogP contribution in [-0.4, -0.2) is 46.0 Å². The average Bonchev–Trinajstić information content (AvgIpc) is 3.51. The van der Waals surface area contributed by atoms with E-state index < -0.39 is 11.9 Å². The van der Waals surface area contributed by atoms with Gasteiger partial charge in [-0.15, -0.1) is 0 Å². The molecule has 0 unspecified atom stereocenters. The Labute approximate surface area is 214 Å². The SMILES string of the molecule is COc1ncnc(C2CC2)c1-c1nc(NCc2ccc(-c3nc(C(F)(F)F)cn3C)cc2)n2ccnc2n1. The monoisotopic (exact) mass is 521 g/mol. The van der Waals surface area contributed by atoms with Crippen LogP contribution < -0.4 is 10.1 Å². The summed E-state index contributed by atoms with van der Waals surface area (Å²) in [6.45, 7) is 0.399. The van der Waals surface area contributed by atoms with E-state index in [1.54, 1.807) is 36.0 Å². The summed E-state index contributed by atoms with van der Waals surface area (Å²) in [5.74, 6) is 2.34. The molecule has 0 saturated heterocycles. The third-order valence-electron chi connectivity index (χ3n) is 6.32. The lowest BCUT2D eigenvalue weighted by Gasteiger charge is -2.13. The summed E-state index contributed by atoms with van der Waals surface area (Å²) in [4.78, 5) is 26.2. The van der Waals surface area contributed by atoms with Gasteiger partial charge in [-0.25, -0.2) is 19.9 Å². The van der Waals surface area contributed by atoms with Gasteiger partial charge in [0, 0.05) is 43.7 Å². The summed E-state index contributed by atoms with van der Waals surface area (Å²) in [7, 11) is 3.09. The summed E-state index contributed by atoms with van der Waals surface area (Å²) < 4.78 is 47.7. The van der Waals surface area contributed by atoms with E-state index in [1.165, 1.54) is 17.9 Å². The van der Waals surface area contributed by atoms with Gasteiger partial charge in [0.05, 0.1) is 12.8 Å². The molecule has 10 nitrogen and oxygen atoms in total. The van der Waals surface area contributed by atoms with Crippen LogP contribution in [0.3, 0.4) is 0 Å². The van der Waals surface area contributed by atoms with Crippen molar-refractivity contribution in [2.45, 2.75) is 31.5 Å². The van der Waals surface area contributed by atoms with E-state index in [2.05, 4.69) is 30.2 Å². The number of aryl methyl sites for hydroxylation is 1. The highest BCUT2D eigenvalue weighted by molar-refractivity contribution is 5.68. The number of halogens is 3. The molecule has 4 heterocycles. The van der Waals surface area contributed by atoms with Crippen LogP contribution in [-0.2, 0) is 19.8 Å². The fraction of sp³-hybridized carbons (Fsp3) is 0.280. The molecular weight excluding hydrogens is 499 g/mol. The van der Waals surface area contributed by atoms with Crippen molar-refractivity contribution in [2.75, 3.05) is 12.4 Å². The normalized spacial score (nSPS) is 13.7. The number of alkyl halides is 3. The molecule has 6 rings (SSSR count). The Morgan fingerprint density at radius 3 is 2.53 bits per heavy atom. The molecule has 5 aromatic rings. The highest BCUT2D eigenvalue weighted by atomic mass is 19.4. The van der Waals surface area contributed by atoms with Crippen LogP contribution in [0, 0.1) is 0 Å². The number of fused-ring (bicyclic) bond motifs is 1. The van der Waals surface area contributed by atoms with Crippen LogP contribution in [0.25, 0.3) is 28.6 Å². The maximum absolute atomic E-state index is 13.0. The number of aromatic nitrogens is 8. The molecule has 0 aliphatic heterocycles. The number of hydrogen-bond acceptors (Lipinski definition) is 8. The predicted molar refractivity (Wildman–Crippen MR) is 131 cm³/mol. The fourth-order valence-corrected chi connectivity index (χ4v) is 4.29. The molecule has 13 heteroatoms. The number of methoxy groups -OCH3 is 1. The summed E-state index contributed by atoms with van der Waals surface area (Å²) in [5, 5.41) is 3.32. The molecule has 0 spiro atoms. The number of anilines is 1. The third kappa shape index (κ3) is 4.40. The fourth-order valence-electron chi connectivity index (χ4n) is 4.29. The van der Waals surface area contributed by atoms with Gasteiger partial charge in [0.15, 0.2) is 11.5 Å². The second-order valence-corrected chi connectivity index (χ2v) is 8.99. The number of ether oxygens (including phenoxy) is 1. The van der Waals surface area contributed by atoms with Crippen molar-refractivity contribution < 1.29 is 17.9 Å². The smallest absolute Gasteiger partial charge is 0.434 e. The Hall–Kier alpha value is -4.55. The van der Waals surface area contributed by atoms with Crippen molar-refractivity contribution in [1.29, 1.82) is 0 Å². The Balaban J connectivity index is 1.28. The minimum atomic E-state index is -4.50. The van der Waals surface area contributed by atoms with Gasteiger partial charge < -0.3 is 14.6 Å². The Morgan fingerprint density at radius 1 is 1.05 bits per heavy atom. The standard InChI is InChI=1S/C25H22F3N9O/c1-36-12-17(25(26,27)28)33-21(36)16-5-3-14(4-6-16)11-30-24-35-20(34-23-29-9-10-37(23)24)18-19(15-7-8-15)31-13-32-22(18)38-2/h3-6,9-10,12-13,15H,7-8,11H2,1-2H3,(H,29,30,34,35). The molecule has 1 saturated carbocycles. The summed E-state index contributed by atoms with van der Waals surface area (Å²) in [6, 6.07) is 7.14. The minimum absolute atomic E-state index is 0.239. The second-order valence-electron chi connectivity index (χ2n) is 8.99. The maximum atomic E-state index is 13.0. The topological polar surface area (TPSA) is 108 Å². The average molecular weight is 522 g/mol. The van der Waals surface area contributed by atoms with Crippen LogP contribution in [0.2, 0.25) is 0 Å². The first kappa shape index (κ1) is 23.8. The van der Waals surface area contributed by atoms with Crippen molar-refractivity contribution in [1.82, 2.24) is 38.9 Å². The third-order valence-corrected chi connectivity index (χ3v) is 6.32. The Morgan fingerprint density at radius 2 is 1.84 bits per heavy atom. The van der Waals surface area contributed by atoms with E-state index in [1.807, 2.05) is 12.1 Å². The Kier molecular flexibility index (Phi) is 5.69. The first-order chi connectivity index (χ1) is 18.3. The van der Waals surface area contributed by atoms with Crippen molar-refractivity contribution in [3.05, 3.63) is 66.1 Å². The van der Waals surface area contributed by atoms with E-state index in [9.17, 15) is 13.2 Å². The molecule has 38 heavy (non-hydrogen) atoms. The highest BCUT2D eigenvalue weighted by Crippen LogP contribution is 2.45. The lowest BCUT2D eigenvalue weighted by Crippen LogP contribution is -2.10. The molecule has 1 N–H and O–H groups in total. The molecule has 1 fully saturated rings. The molecule has 4 aromatic heterocycles. The van der Waals surface area contributed by atoms with E-state index in [0.717, 1.165) is 30.3 Å². The van der Waals surface area contributed by atoms with E-state index in [-0.39, 0.29) is 5.82 Å². The van der Waals surface area contributed by atoms with Crippen LogP contribution in [0.5, 0.6) is 5.88 Å². The number of imidazole rings is 2. The molecule has 1 aliphatic rings. The maximum Gasteiger partial charge on any atom is 0.434 e. The van der Waals surface area contributed by atoms with Gasteiger partial charge in [-0.1, -0.05) is 24.3 Å². The predicted octanol–water partition coefficient (Wildman–Crippen LogP) is 4.50. The molecule has 0 atom stereocenters. The van der Waals surface area contributed by atoms with Gasteiger partial charge in [-0.05, 0) is 18.4 Å². The zero-order valence-corrected chi connectivity index (χ0v) is 20.4. The first-order valence-corrected chi connectivity index (χ1v) is 11.9. The van der Waals surface area contributed by atoms with E-state index in [4.69, 9.17) is 9.72 Å². The van der Waals surface area contributed by atoms with Gasteiger partial charge in [0.2, 0.25) is 17.6 Å². The summed E-state index contributed by atoms with van der Waals surface area (Å²) in [6.07, 6.45) is 3.44. The van der Waals surface area contributed by atoms with E-state index in [0.29, 0.717) is 47.0 Å². The second kappa shape index (κ2) is 9.08. The lowest BCUT2D eigenvalue weighted by atomic mass is 10.1. The molecule has 1 aromatic carbocycles. The first-order valence-electron chi connectivity index (χ1n) is 11.9. The van der Waals surface area contributed by atoms with Gasteiger partial charge in [0.25, 0.3) is 0 Å². The molecule has 194 valence electrons. The number of hydrogen-bond donors (Lipinski definition) is 1. The van der Waals surface area contributed by atoms with Gasteiger partial charge in [-0.2, -0.15) is 23.1 Å². The zero-order chi connectivity index (χ0) is 26.4. The minimum Gasteiger partial charge on any atom is -0.480 e. The lowest BCUT2D eigenvalue weighted by molar-refractivity contribution is -0.140. The Bertz CT molecular complexity index is 1620. The summed E-state index contributed by atoms with van der Waals surface area (Å²) in [5.41, 5.74) is 2.07.